The Bertz CT molecular complexity index is 1040. The number of rotatable bonds is 33. The number of allylic oxidation sites excluding steroid dienone is 2. The number of unbranched alkanes of at least 4 members (excludes halogenated alkanes) is 19. The summed E-state index contributed by atoms with van der Waals surface area (Å²) in [5, 5.41) is 30.7. The molecule has 0 radical (unpaired) electrons. The molecule has 0 aromatic heterocycles. The Balaban J connectivity index is 2.49. The van der Waals surface area contributed by atoms with E-state index in [2.05, 4.69) is 26.0 Å². The lowest BCUT2D eigenvalue weighted by molar-refractivity contribution is -0.297. The predicted octanol–water partition coefficient (Wildman–Crippen LogP) is 7.11. The Labute approximate surface area is 314 Å². The van der Waals surface area contributed by atoms with E-state index in [1.54, 1.807) is 0 Å². The molecule has 0 aliphatic carbocycles. The van der Waals surface area contributed by atoms with Gasteiger partial charge in [-0.05, 0) is 32.1 Å². The Kier molecular flexibility index (Phi) is 28.6. The third-order valence-electron chi connectivity index (χ3n) is 9.35. The minimum absolute atomic E-state index is 0.165. The van der Waals surface area contributed by atoms with Crippen molar-refractivity contribution < 1.29 is 56.8 Å². The normalized spacial score (nSPS) is 21.4. The Morgan fingerprint density at radius 2 is 1.12 bits per heavy atom. The summed E-state index contributed by atoms with van der Waals surface area (Å²) < 4.78 is 53.8. The van der Waals surface area contributed by atoms with Crippen LogP contribution in [0.25, 0.3) is 0 Å². The maximum absolute atomic E-state index is 12.7. The van der Waals surface area contributed by atoms with Crippen LogP contribution in [0.1, 0.15) is 168 Å². The number of esters is 2. The molecule has 1 rings (SSSR count). The minimum Gasteiger partial charge on any atom is -0.462 e. The van der Waals surface area contributed by atoms with E-state index in [1.165, 1.54) is 83.5 Å². The quantitative estimate of drug-likeness (QED) is 0.0230. The van der Waals surface area contributed by atoms with Crippen LogP contribution in [0.2, 0.25) is 0 Å². The fraction of sp³-hybridized carbons (Fsp3) is 0.897. The van der Waals surface area contributed by atoms with E-state index in [0.717, 1.165) is 44.9 Å². The number of ether oxygens (including phenoxy) is 4. The van der Waals surface area contributed by atoms with Crippen molar-refractivity contribution in [3.05, 3.63) is 12.2 Å². The highest BCUT2D eigenvalue weighted by atomic mass is 32.2. The molecule has 1 heterocycles. The van der Waals surface area contributed by atoms with E-state index < -0.39 is 71.2 Å². The standard InChI is InChI=1S/C39H72O12S/c1-3-5-7-9-11-13-14-15-16-17-18-20-22-24-26-28-35(41)50-32(29-48-34(40)27-25-23-21-19-12-10-8-6-4-2)30-49-39-38(44)37(43)36(42)33(51-39)31-52(45,46)47/h9,11,32-33,36-39,42-44H,3-8,10,12-31H2,1-2H3,(H,45,46,47)/b11-9+/t32-,33-,36-,37?,38?,39+/m1/s1. The van der Waals surface area contributed by atoms with Crippen molar-refractivity contribution in [2.75, 3.05) is 19.0 Å². The lowest BCUT2D eigenvalue weighted by Gasteiger charge is -2.40. The van der Waals surface area contributed by atoms with E-state index >= 15 is 0 Å². The lowest BCUT2D eigenvalue weighted by atomic mass is 10.00. The molecule has 1 aliphatic heterocycles. The van der Waals surface area contributed by atoms with E-state index in [4.69, 9.17) is 18.9 Å². The Morgan fingerprint density at radius 3 is 1.65 bits per heavy atom. The molecule has 2 unspecified atom stereocenters. The Morgan fingerprint density at radius 1 is 0.635 bits per heavy atom. The zero-order valence-electron chi connectivity index (χ0n) is 32.2. The predicted molar refractivity (Wildman–Crippen MR) is 201 cm³/mol. The molecule has 12 nitrogen and oxygen atoms in total. The summed E-state index contributed by atoms with van der Waals surface area (Å²) in [6.45, 7) is 3.69. The van der Waals surface area contributed by atoms with Gasteiger partial charge in [0.05, 0.1) is 6.61 Å². The molecular weight excluding hydrogens is 692 g/mol. The molecule has 0 aromatic carbocycles. The van der Waals surface area contributed by atoms with Crippen molar-refractivity contribution in [1.29, 1.82) is 0 Å². The highest BCUT2D eigenvalue weighted by Crippen LogP contribution is 2.24. The molecule has 0 bridgehead atoms. The molecule has 306 valence electrons. The lowest BCUT2D eigenvalue weighted by Crippen LogP contribution is -2.60. The summed E-state index contributed by atoms with van der Waals surface area (Å²) in [6.07, 6.45) is 19.9. The first-order chi connectivity index (χ1) is 25.0. The van der Waals surface area contributed by atoms with Crippen LogP contribution in [0, 0.1) is 0 Å². The molecule has 13 heteroatoms. The largest absolute Gasteiger partial charge is 0.462 e. The van der Waals surface area contributed by atoms with Crippen molar-refractivity contribution in [2.45, 2.75) is 205 Å². The molecule has 0 aromatic rings. The summed E-state index contributed by atoms with van der Waals surface area (Å²) in [6, 6.07) is 0. The van der Waals surface area contributed by atoms with E-state index in [0.29, 0.717) is 12.8 Å². The molecule has 1 aliphatic rings. The molecular formula is C39H72O12S. The van der Waals surface area contributed by atoms with E-state index in [9.17, 15) is 37.9 Å². The van der Waals surface area contributed by atoms with Crippen LogP contribution in [0.3, 0.4) is 0 Å². The van der Waals surface area contributed by atoms with Gasteiger partial charge in [-0.1, -0.05) is 135 Å². The highest BCUT2D eigenvalue weighted by molar-refractivity contribution is 7.85. The number of carbonyl (C=O) groups is 2. The second-order valence-corrected chi connectivity index (χ2v) is 15.8. The number of aliphatic hydroxyl groups excluding tert-OH is 3. The first-order valence-corrected chi connectivity index (χ1v) is 21.9. The second-order valence-electron chi connectivity index (χ2n) is 14.3. The van der Waals surface area contributed by atoms with Crippen LogP contribution in [-0.2, 0) is 38.7 Å². The zero-order valence-corrected chi connectivity index (χ0v) is 33.0. The molecule has 1 fully saturated rings. The summed E-state index contributed by atoms with van der Waals surface area (Å²) in [4.78, 5) is 25.2. The number of carbonyl (C=O) groups excluding carboxylic acids is 2. The van der Waals surface area contributed by atoms with Gasteiger partial charge in [0, 0.05) is 12.8 Å². The van der Waals surface area contributed by atoms with Gasteiger partial charge < -0.3 is 34.3 Å². The monoisotopic (exact) mass is 764 g/mol. The fourth-order valence-electron chi connectivity index (χ4n) is 6.13. The molecule has 0 spiro atoms. The third kappa shape index (κ3) is 25.4. The number of hydrogen-bond acceptors (Lipinski definition) is 11. The molecule has 6 atom stereocenters. The van der Waals surface area contributed by atoms with Gasteiger partial charge in [-0.25, -0.2) is 0 Å². The SMILES string of the molecule is CCCC/C=C/CCCCCCCCCCCC(=O)O[C@H](COC(=O)CCCCCCCCCCC)CO[C@H]1O[C@H](CS(=O)(=O)O)[C@@H](O)C(O)C1O. The minimum atomic E-state index is -4.59. The highest BCUT2D eigenvalue weighted by Gasteiger charge is 2.46. The summed E-state index contributed by atoms with van der Waals surface area (Å²) >= 11 is 0. The Hall–Kier alpha value is -1.61. The second kappa shape index (κ2) is 30.7. The van der Waals surface area contributed by atoms with E-state index in [-0.39, 0.29) is 19.4 Å². The average molecular weight is 765 g/mol. The zero-order chi connectivity index (χ0) is 38.5. The number of hydrogen-bond donors (Lipinski definition) is 4. The van der Waals surface area contributed by atoms with Crippen LogP contribution < -0.4 is 0 Å². The van der Waals surface area contributed by atoms with Crippen molar-refractivity contribution in [1.82, 2.24) is 0 Å². The van der Waals surface area contributed by atoms with Gasteiger partial charge in [-0.3, -0.25) is 14.1 Å². The van der Waals surface area contributed by atoms with Gasteiger partial charge in [0.25, 0.3) is 10.1 Å². The maximum atomic E-state index is 12.7. The molecule has 52 heavy (non-hydrogen) atoms. The van der Waals surface area contributed by atoms with Crippen LogP contribution in [0.5, 0.6) is 0 Å². The van der Waals surface area contributed by atoms with Gasteiger partial charge in [0.1, 0.15) is 36.8 Å². The topological polar surface area (TPSA) is 186 Å². The van der Waals surface area contributed by atoms with Crippen LogP contribution in [0.4, 0.5) is 0 Å². The van der Waals surface area contributed by atoms with Gasteiger partial charge in [0.15, 0.2) is 12.4 Å². The van der Waals surface area contributed by atoms with Gasteiger partial charge >= 0.3 is 11.9 Å². The molecule has 0 amide bonds. The van der Waals surface area contributed by atoms with Gasteiger partial charge in [-0.2, -0.15) is 8.42 Å². The smallest absolute Gasteiger partial charge is 0.306 e. The van der Waals surface area contributed by atoms with Crippen LogP contribution in [0.15, 0.2) is 12.2 Å². The van der Waals surface area contributed by atoms with E-state index in [1.807, 2.05) is 0 Å². The van der Waals surface area contributed by atoms with Gasteiger partial charge in [-0.15, -0.1) is 0 Å². The molecule has 0 saturated carbocycles. The first kappa shape index (κ1) is 48.4. The third-order valence-corrected chi connectivity index (χ3v) is 10.1. The van der Waals surface area contributed by atoms with Crippen LogP contribution in [-0.4, -0.2) is 96.0 Å². The van der Waals surface area contributed by atoms with Crippen molar-refractivity contribution in [3.63, 3.8) is 0 Å². The summed E-state index contributed by atoms with van der Waals surface area (Å²) in [5.74, 6) is -1.98. The van der Waals surface area contributed by atoms with Crippen molar-refractivity contribution in [2.24, 2.45) is 0 Å². The van der Waals surface area contributed by atoms with Crippen LogP contribution >= 0.6 is 0 Å². The molecule has 1 saturated heterocycles. The average Bonchev–Trinajstić information content (AvgIpc) is 3.10. The first-order valence-electron chi connectivity index (χ1n) is 20.2. The summed E-state index contributed by atoms with van der Waals surface area (Å²) in [7, 11) is -4.59. The fourth-order valence-corrected chi connectivity index (χ4v) is 6.82. The molecule has 4 N–H and O–H groups in total. The van der Waals surface area contributed by atoms with Crippen molar-refractivity contribution in [3.8, 4) is 0 Å². The number of aliphatic hydroxyl groups is 3. The van der Waals surface area contributed by atoms with Crippen molar-refractivity contribution >= 4 is 22.1 Å². The summed E-state index contributed by atoms with van der Waals surface area (Å²) in [5.41, 5.74) is 0. The van der Waals surface area contributed by atoms with Gasteiger partial charge in [0.2, 0.25) is 0 Å². The maximum Gasteiger partial charge on any atom is 0.306 e.